The maximum atomic E-state index is 9.85. The number of hydrogen-bond acceptors (Lipinski definition) is 7. The fourth-order valence-electron chi connectivity index (χ4n) is 2.59. The van der Waals surface area contributed by atoms with Gasteiger partial charge in [-0.25, -0.2) is 9.67 Å². The average Bonchev–Trinajstić information content (AvgIpc) is 2.92. The van der Waals surface area contributed by atoms with E-state index in [0.29, 0.717) is 28.6 Å². The maximum absolute atomic E-state index is 9.85. The second kappa shape index (κ2) is 4.51. The Bertz CT molecular complexity index is 668. The van der Waals surface area contributed by atoms with Crippen molar-refractivity contribution < 1.29 is 10.2 Å². The first-order valence-electron chi connectivity index (χ1n) is 5.99. The Balaban J connectivity index is 2.05. The molecule has 2 aromatic heterocycles. The monoisotopic (exact) mass is 282 g/mol. The van der Waals surface area contributed by atoms with Crippen molar-refractivity contribution in [1.29, 1.82) is 0 Å². The number of aromatic amines is 1. The van der Waals surface area contributed by atoms with E-state index < -0.39 is 6.10 Å². The number of nitrogens with two attached hydrogens (primary N) is 1. The van der Waals surface area contributed by atoms with Crippen molar-refractivity contribution in [3.05, 3.63) is 4.64 Å². The molecular weight excluding hydrogens is 268 g/mol. The third-order valence-electron chi connectivity index (χ3n) is 3.58. The molecule has 0 amide bonds. The molecule has 0 saturated heterocycles. The molecule has 0 aliphatic heterocycles. The Kier molecular flexibility index (Phi) is 2.96. The zero-order valence-electron chi connectivity index (χ0n) is 10.0. The van der Waals surface area contributed by atoms with Crippen LogP contribution in [-0.2, 0) is 0 Å². The van der Waals surface area contributed by atoms with E-state index in [1.165, 1.54) is 0 Å². The first-order chi connectivity index (χ1) is 9.10. The molecule has 3 unspecified atom stereocenters. The van der Waals surface area contributed by atoms with Crippen molar-refractivity contribution in [3.63, 3.8) is 0 Å². The Morgan fingerprint density at radius 1 is 1.47 bits per heavy atom. The Morgan fingerprint density at radius 2 is 2.26 bits per heavy atom. The minimum absolute atomic E-state index is 0.0374. The molecule has 1 saturated carbocycles. The molecule has 9 heteroatoms. The Hall–Kier alpha value is -1.58. The molecule has 1 aliphatic rings. The van der Waals surface area contributed by atoms with Crippen LogP contribution in [0.5, 0.6) is 0 Å². The van der Waals surface area contributed by atoms with Gasteiger partial charge in [0.15, 0.2) is 15.8 Å². The van der Waals surface area contributed by atoms with E-state index in [1.807, 2.05) is 0 Å². The highest BCUT2D eigenvalue weighted by Crippen LogP contribution is 2.35. The summed E-state index contributed by atoms with van der Waals surface area (Å²) in [5.41, 5.74) is 6.74. The Labute approximate surface area is 113 Å². The van der Waals surface area contributed by atoms with Crippen LogP contribution in [0.4, 0.5) is 5.95 Å². The van der Waals surface area contributed by atoms with Gasteiger partial charge in [0.1, 0.15) is 0 Å². The van der Waals surface area contributed by atoms with E-state index in [2.05, 4.69) is 20.3 Å². The summed E-state index contributed by atoms with van der Waals surface area (Å²) in [5, 5.41) is 27.1. The summed E-state index contributed by atoms with van der Waals surface area (Å²) in [6, 6.07) is -0.0374. The third-order valence-corrected chi connectivity index (χ3v) is 3.86. The number of aliphatic hydroxyl groups excluding tert-OH is 2. The number of rotatable bonds is 2. The second-order valence-electron chi connectivity index (χ2n) is 4.79. The standard InChI is InChI=1S/C10H14N6O2S/c11-10-12-8-7(9(19)13-10)14-15-16(8)5-1-4(3-17)6(18)2-5/h4-6,17-18H,1-3H2,(H3,11,12,13,19). The number of nitrogens with one attached hydrogen (secondary N) is 1. The predicted molar refractivity (Wildman–Crippen MR) is 69.8 cm³/mol. The molecule has 0 aromatic carbocycles. The molecule has 2 heterocycles. The van der Waals surface area contributed by atoms with Gasteiger partial charge in [0.2, 0.25) is 5.95 Å². The first-order valence-corrected chi connectivity index (χ1v) is 6.40. The molecule has 3 rings (SSSR count). The minimum Gasteiger partial charge on any atom is -0.396 e. The number of fused-ring (bicyclic) bond motifs is 1. The minimum atomic E-state index is -0.531. The lowest BCUT2D eigenvalue weighted by atomic mass is 10.1. The van der Waals surface area contributed by atoms with Crippen molar-refractivity contribution in [1.82, 2.24) is 25.0 Å². The van der Waals surface area contributed by atoms with Gasteiger partial charge in [-0.3, -0.25) is 0 Å². The van der Waals surface area contributed by atoms with Crippen LogP contribution in [0.25, 0.3) is 11.2 Å². The fraction of sp³-hybridized carbons (Fsp3) is 0.600. The zero-order valence-corrected chi connectivity index (χ0v) is 10.8. The van der Waals surface area contributed by atoms with Crippen LogP contribution in [0.15, 0.2) is 0 Å². The molecular formula is C10H14N6O2S. The SMILES string of the molecule is Nc1nc(=S)c2nnn(C3CC(O)C(CO)C3)c2[nH]1. The van der Waals surface area contributed by atoms with Crippen LogP contribution in [0.3, 0.4) is 0 Å². The van der Waals surface area contributed by atoms with Crippen molar-refractivity contribution in [3.8, 4) is 0 Å². The number of anilines is 1. The summed E-state index contributed by atoms with van der Waals surface area (Å²) in [5.74, 6) is 0.0738. The summed E-state index contributed by atoms with van der Waals surface area (Å²) in [6.45, 7) is -0.0377. The third kappa shape index (κ3) is 1.99. The van der Waals surface area contributed by atoms with Gasteiger partial charge in [-0.15, -0.1) is 5.10 Å². The lowest BCUT2D eigenvalue weighted by Gasteiger charge is -2.10. The maximum Gasteiger partial charge on any atom is 0.200 e. The highest BCUT2D eigenvalue weighted by atomic mass is 32.1. The molecule has 3 atom stereocenters. The van der Waals surface area contributed by atoms with E-state index in [1.54, 1.807) is 4.68 Å². The van der Waals surface area contributed by atoms with E-state index >= 15 is 0 Å². The highest BCUT2D eigenvalue weighted by Gasteiger charge is 2.35. The molecule has 19 heavy (non-hydrogen) atoms. The van der Waals surface area contributed by atoms with Gasteiger partial charge in [0.25, 0.3) is 0 Å². The molecule has 2 aromatic rings. The topological polar surface area (TPSA) is 126 Å². The van der Waals surface area contributed by atoms with Gasteiger partial charge in [-0.05, 0) is 12.8 Å². The van der Waals surface area contributed by atoms with Crippen molar-refractivity contribution in [2.45, 2.75) is 25.0 Å². The number of nitrogens with zero attached hydrogens (tertiary/aromatic N) is 4. The van der Waals surface area contributed by atoms with E-state index in [-0.39, 0.29) is 24.5 Å². The van der Waals surface area contributed by atoms with Crippen molar-refractivity contribution >= 4 is 29.3 Å². The summed E-state index contributed by atoms with van der Waals surface area (Å²) in [7, 11) is 0. The molecule has 1 fully saturated rings. The molecule has 0 bridgehead atoms. The van der Waals surface area contributed by atoms with Crippen LogP contribution in [0.1, 0.15) is 18.9 Å². The smallest absolute Gasteiger partial charge is 0.200 e. The summed E-state index contributed by atoms with van der Waals surface area (Å²) < 4.78 is 1.97. The van der Waals surface area contributed by atoms with E-state index in [0.717, 1.165) is 0 Å². The summed E-state index contributed by atoms with van der Waals surface area (Å²) in [6.07, 6.45) is 0.627. The van der Waals surface area contributed by atoms with Crippen LogP contribution in [0.2, 0.25) is 0 Å². The van der Waals surface area contributed by atoms with Gasteiger partial charge in [0.05, 0.1) is 12.1 Å². The normalized spacial score (nSPS) is 27.2. The van der Waals surface area contributed by atoms with Crippen molar-refractivity contribution in [2.24, 2.45) is 5.92 Å². The quantitative estimate of drug-likeness (QED) is 0.560. The van der Waals surface area contributed by atoms with Crippen LogP contribution < -0.4 is 5.73 Å². The van der Waals surface area contributed by atoms with Gasteiger partial charge in [0, 0.05) is 12.5 Å². The van der Waals surface area contributed by atoms with Crippen LogP contribution >= 0.6 is 12.2 Å². The van der Waals surface area contributed by atoms with E-state index in [4.69, 9.17) is 18.0 Å². The second-order valence-corrected chi connectivity index (χ2v) is 5.18. The lowest BCUT2D eigenvalue weighted by Crippen LogP contribution is -2.16. The first kappa shape index (κ1) is 12.5. The number of hydrogen-bond donors (Lipinski definition) is 4. The summed E-state index contributed by atoms with van der Waals surface area (Å²) in [4.78, 5) is 6.82. The largest absolute Gasteiger partial charge is 0.396 e. The summed E-state index contributed by atoms with van der Waals surface area (Å²) >= 11 is 5.08. The number of nitrogen functional groups attached to an aromatic ring is 1. The van der Waals surface area contributed by atoms with Gasteiger partial charge < -0.3 is 20.9 Å². The van der Waals surface area contributed by atoms with Crippen LogP contribution in [-0.4, -0.2) is 47.9 Å². The van der Waals surface area contributed by atoms with Gasteiger partial charge in [-0.2, -0.15) is 0 Å². The van der Waals surface area contributed by atoms with Gasteiger partial charge in [-0.1, -0.05) is 17.4 Å². The van der Waals surface area contributed by atoms with Gasteiger partial charge >= 0.3 is 0 Å². The number of H-pyrrole nitrogens is 1. The molecule has 5 N–H and O–H groups in total. The average molecular weight is 282 g/mol. The molecule has 0 radical (unpaired) electrons. The van der Waals surface area contributed by atoms with Crippen LogP contribution in [0, 0.1) is 10.6 Å². The highest BCUT2D eigenvalue weighted by molar-refractivity contribution is 7.71. The van der Waals surface area contributed by atoms with E-state index in [9.17, 15) is 10.2 Å². The number of aromatic nitrogens is 5. The molecule has 8 nitrogen and oxygen atoms in total. The zero-order chi connectivity index (χ0) is 13.6. The molecule has 0 spiro atoms. The molecule has 102 valence electrons. The van der Waals surface area contributed by atoms with Crippen molar-refractivity contribution in [2.75, 3.05) is 12.3 Å². The predicted octanol–water partition coefficient (Wildman–Crippen LogP) is -0.230. The number of aliphatic hydroxyl groups is 2. The lowest BCUT2D eigenvalue weighted by molar-refractivity contribution is 0.0906. The fourth-order valence-corrected chi connectivity index (χ4v) is 2.83. The Morgan fingerprint density at radius 3 is 2.95 bits per heavy atom. The molecule has 1 aliphatic carbocycles.